The molecule has 192 valence electrons. The summed E-state index contributed by atoms with van der Waals surface area (Å²) in [6.07, 6.45) is 13.1. The van der Waals surface area contributed by atoms with Crippen LogP contribution < -0.4 is 5.32 Å². The summed E-state index contributed by atoms with van der Waals surface area (Å²) in [5.74, 6) is -0.637. The van der Waals surface area contributed by atoms with Gasteiger partial charge in [-0.2, -0.15) is 0 Å². The van der Waals surface area contributed by atoms with Gasteiger partial charge in [-0.15, -0.1) is 0 Å². The molecule has 34 heavy (non-hydrogen) atoms. The Morgan fingerprint density at radius 3 is 2.71 bits per heavy atom. The smallest absolute Gasteiger partial charge is 0.302 e. The van der Waals surface area contributed by atoms with Crippen LogP contribution in [0.3, 0.4) is 0 Å². The second-order valence-electron chi connectivity index (χ2n) is 9.10. The van der Waals surface area contributed by atoms with E-state index in [1.807, 2.05) is 6.08 Å². The average Bonchev–Trinajstić information content (AvgIpc) is 3.57. The van der Waals surface area contributed by atoms with Crippen molar-refractivity contribution in [1.82, 2.24) is 5.32 Å². The number of ether oxygens (including phenoxy) is 3. The number of esters is 1. The van der Waals surface area contributed by atoms with E-state index in [0.29, 0.717) is 24.8 Å². The molecule has 1 N–H and O–H groups in total. The first-order chi connectivity index (χ1) is 16.4. The molecule has 1 heterocycles. The summed E-state index contributed by atoms with van der Waals surface area (Å²) in [5, 5.41) is 2.82. The highest BCUT2D eigenvalue weighted by atomic mass is 35.5. The first-order valence-corrected chi connectivity index (χ1v) is 12.9. The van der Waals surface area contributed by atoms with E-state index in [9.17, 15) is 14.4 Å². The summed E-state index contributed by atoms with van der Waals surface area (Å²) in [6, 6.07) is 0. The highest BCUT2D eigenvalue weighted by Gasteiger charge is 2.69. The molecule has 0 aromatic carbocycles. The van der Waals surface area contributed by atoms with E-state index in [0.717, 1.165) is 12.8 Å². The molecule has 0 bridgehead atoms. The van der Waals surface area contributed by atoms with E-state index in [4.69, 9.17) is 25.8 Å². The number of unbranched alkanes of at least 4 members (excludes halogenated alkanes) is 4. The first-order valence-electron chi connectivity index (χ1n) is 12.5. The Bertz CT molecular complexity index is 752. The van der Waals surface area contributed by atoms with Crippen LogP contribution in [-0.2, 0) is 28.6 Å². The van der Waals surface area contributed by atoms with E-state index >= 15 is 0 Å². The van der Waals surface area contributed by atoms with Gasteiger partial charge in [0.2, 0.25) is 5.91 Å². The van der Waals surface area contributed by atoms with Crippen molar-refractivity contribution in [3.8, 4) is 0 Å². The van der Waals surface area contributed by atoms with Gasteiger partial charge in [-0.05, 0) is 25.7 Å². The molecule has 1 amide bonds. The van der Waals surface area contributed by atoms with E-state index in [2.05, 4.69) is 18.3 Å². The third-order valence-corrected chi connectivity index (χ3v) is 6.80. The summed E-state index contributed by atoms with van der Waals surface area (Å²) in [7, 11) is 1.75. The molecule has 1 aliphatic carbocycles. The monoisotopic (exact) mass is 497 g/mol. The van der Waals surface area contributed by atoms with Crippen LogP contribution >= 0.6 is 11.6 Å². The number of amides is 1. The molecule has 0 aromatic heterocycles. The Labute approximate surface area is 208 Å². The van der Waals surface area contributed by atoms with Gasteiger partial charge < -0.3 is 19.5 Å². The number of carbonyl (C=O) groups is 3. The molecule has 0 spiro atoms. The van der Waals surface area contributed by atoms with Crippen LogP contribution in [0, 0.1) is 0 Å². The number of allylic oxidation sites excluding steroid dienone is 1. The van der Waals surface area contributed by atoms with Crippen molar-refractivity contribution in [3.05, 3.63) is 23.3 Å². The van der Waals surface area contributed by atoms with Crippen molar-refractivity contribution in [2.24, 2.45) is 0 Å². The van der Waals surface area contributed by atoms with Gasteiger partial charge in [-0.1, -0.05) is 62.8 Å². The van der Waals surface area contributed by atoms with Crippen LogP contribution in [0.15, 0.2) is 23.3 Å². The van der Waals surface area contributed by atoms with E-state index < -0.39 is 23.8 Å². The minimum atomic E-state index is -1.18. The van der Waals surface area contributed by atoms with E-state index in [1.165, 1.54) is 44.6 Å². The van der Waals surface area contributed by atoms with Gasteiger partial charge in [0.25, 0.3) is 0 Å². The van der Waals surface area contributed by atoms with Crippen LogP contribution in [0.25, 0.3) is 0 Å². The molecule has 1 saturated carbocycles. The lowest BCUT2D eigenvalue weighted by atomic mass is 9.81. The Morgan fingerprint density at radius 1 is 1.26 bits per heavy atom. The number of hydrogen-bond acceptors (Lipinski definition) is 6. The predicted octanol–water partition coefficient (Wildman–Crippen LogP) is 4.76. The summed E-state index contributed by atoms with van der Waals surface area (Å²) >= 11 is 5.99. The van der Waals surface area contributed by atoms with Gasteiger partial charge in [-0.25, -0.2) is 0 Å². The fourth-order valence-corrected chi connectivity index (χ4v) is 4.77. The van der Waals surface area contributed by atoms with Crippen LogP contribution in [0.1, 0.15) is 84.5 Å². The SMILES string of the molecule is CCCCCCC[C@@H](C/C=C/CCC(=O)NC/C(=C/Cl)[C@]12O[C@H]1[C@H](OC(C)=O)CCC2=O)OC. The lowest BCUT2D eigenvalue weighted by Gasteiger charge is -2.24. The third kappa shape index (κ3) is 8.21. The Balaban J connectivity index is 1.70. The van der Waals surface area contributed by atoms with Crippen molar-refractivity contribution in [1.29, 1.82) is 0 Å². The number of fused-ring (bicyclic) bond motifs is 1. The number of nitrogens with one attached hydrogen (secondary N) is 1. The molecule has 0 unspecified atom stereocenters. The highest BCUT2D eigenvalue weighted by molar-refractivity contribution is 6.26. The lowest BCUT2D eigenvalue weighted by molar-refractivity contribution is -0.149. The molecule has 1 saturated heterocycles. The highest BCUT2D eigenvalue weighted by Crippen LogP contribution is 2.51. The van der Waals surface area contributed by atoms with Crippen molar-refractivity contribution >= 4 is 29.3 Å². The number of Topliss-reactive ketones (excluding diaryl/α,β-unsaturated/α-hetero) is 1. The van der Waals surface area contributed by atoms with Gasteiger partial charge in [0.15, 0.2) is 11.4 Å². The van der Waals surface area contributed by atoms with Crippen LogP contribution in [0.5, 0.6) is 0 Å². The molecule has 0 aromatic rings. The topological polar surface area (TPSA) is 94.2 Å². The summed E-state index contributed by atoms with van der Waals surface area (Å²) < 4.78 is 16.6. The Kier molecular flexibility index (Phi) is 12.3. The zero-order valence-corrected chi connectivity index (χ0v) is 21.5. The average molecular weight is 498 g/mol. The molecule has 2 rings (SSSR count). The zero-order chi connectivity index (χ0) is 25.0. The maximum Gasteiger partial charge on any atom is 0.302 e. The van der Waals surface area contributed by atoms with Crippen molar-refractivity contribution in [2.75, 3.05) is 13.7 Å². The lowest BCUT2D eigenvalue weighted by Crippen LogP contribution is -2.43. The second kappa shape index (κ2) is 14.6. The largest absolute Gasteiger partial charge is 0.460 e. The van der Waals surface area contributed by atoms with Crippen LogP contribution in [-0.4, -0.2) is 55.2 Å². The summed E-state index contributed by atoms with van der Waals surface area (Å²) in [6.45, 7) is 3.66. The van der Waals surface area contributed by atoms with Gasteiger partial charge in [-0.3, -0.25) is 14.4 Å². The number of halogens is 1. The van der Waals surface area contributed by atoms with Crippen LogP contribution in [0.4, 0.5) is 0 Å². The fourth-order valence-electron chi connectivity index (χ4n) is 4.53. The van der Waals surface area contributed by atoms with Crippen molar-refractivity contribution in [3.63, 3.8) is 0 Å². The number of methoxy groups -OCH3 is 1. The summed E-state index contributed by atoms with van der Waals surface area (Å²) in [4.78, 5) is 36.2. The molecule has 8 heteroatoms. The predicted molar refractivity (Wildman–Crippen MR) is 132 cm³/mol. The Morgan fingerprint density at radius 2 is 2.03 bits per heavy atom. The number of rotatable bonds is 16. The standard InChI is InChI=1S/C26H40ClNO6/c1-4-5-6-7-9-12-21(32-3)13-10-8-11-14-24(31)28-18-20(17-27)26-23(30)16-15-22(25(26)34-26)33-19(2)29/h8,10,17,21-22,25H,4-7,9,11-16,18H2,1-3H3,(H,28,31)/b10-8+,20-17-/t21-,22+,25-,26+/m0/s1. The van der Waals surface area contributed by atoms with Crippen molar-refractivity contribution in [2.45, 2.75) is 108 Å². The molecule has 2 fully saturated rings. The zero-order valence-electron chi connectivity index (χ0n) is 20.8. The minimum Gasteiger partial charge on any atom is -0.460 e. The molecule has 0 radical (unpaired) electrons. The van der Waals surface area contributed by atoms with Gasteiger partial charge in [0.05, 0.1) is 6.10 Å². The molecular weight excluding hydrogens is 458 g/mol. The van der Waals surface area contributed by atoms with Gasteiger partial charge in [0, 0.05) is 44.5 Å². The summed E-state index contributed by atoms with van der Waals surface area (Å²) in [5.41, 5.74) is 0.604. The molecule has 4 atom stereocenters. The second-order valence-corrected chi connectivity index (χ2v) is 9.32. The molecule has 7 nitrogen and oxygen atoms in total. The van der Waals surface area contributed by atoms with Crippen LogP contribution in [0.2, 0.25) is 0 Å². The van der Waals surface area contributed by atoms with Gasteiger partial charge >= 0.3 is 5.97 Å². The number of ketones is 1. The normalized spacial score (nSPS) is 25.2. The minimum absolute atomic E-state index is 0.0944. The molecule has 2 aliphatic rings. The first kappa shape index (κ1) is 28.5. The number of carbonyl (C=O) groups excluding carboxylic acids is 3. The number of epoxide rings is 1. The van der Waals surface area contributed by atoms with Crippen molar-refractivity contribution < 1.29 is 28.6 Å². The van der Waals surface area contributed by atoms with E-state index in [-0.39, 0.29) is 30.8 Å². The third-order valence-electron chi connectivity index (χ3n) is 6.53. The maximum atomic E-state index is 12.6. The van der Waals surface area contributed by atoms with Gasteiger partial charge in [0.1, 0.15) is 12.2 Å². The molecular formula is C26H40ClNO6. The number of hydrogen-bond donors (Lipinski definition) is 1. The molecule has 1 aliphatic heterocycles. The Hall–Kier alpha value is -1.70. The fraction of sp³-hybridized carbons (Fsp3) is 0.731. The maximum absolute atomic E-state index is 12.6. The van der Waals surface area contributed by atoms with E-state index in [1.54, 1.807) is 7.11 Å². The quantitative estimate of drug-likeness (QED) is 0.143.